The largest absolute Gasteiger partial charge is 0.497 e. The number of nitrogens with zero attached hydrogens (tertiary/aromatic N) is 2. The number of anilines is 1. The molecule has 0 aliphatic carbocycles. The monoisotopic (exact) mass is 267 g/mol. The van der Waals surface area contributed by atoms with Crippen LogP contribution >= 0.6 is 0 Å². The van der Waals surface area contributed by atoms with E-state index in [-0.39, 0.29) is 6.04 Å². The molecule has 0 fully saturated rings. The highest BCUT2D eigenvalue weighted by molar-refractivity contribution is 7.84. The number of imidazole rings is 1. The van der Waals surface area contributed by atoms with E-state index in [0.717, 1.165) is 16.8 Å². The molecule has 1 aromatic carbocycles. The molecule has 0 amide bonds. The number of aromatic nitrogens is 2. The van der Waals surface area contributed by atoms with E-state index in [4.69, 9.17) is 10.5 Å². The molecular formula is C12H17N3O2S. The van der Waals surface area contributed by atoms with Gasteiger partial charge in [0.15, 0.2) is 0 Å². The van der Waals surface area contributed by atoms with Crippen molar-refractivity contribution in [2.24, 2.45) is 0 Å². The van der Waals surface area contributed by atoms with Crippen LogP contribution in [0.5, 0.6) is 5.75 Å². The first-order chi connectivity index (χ1) is 8.52. The zero-order valence-electron chi connectivity index (χ0n) is 10.7. The van der Waals surface area contributed by atoms with Gasteiger partial charge in [-0.3, -0.25) is 4.21 Å². The average molecular weight is 267 g/mol. The maximum atomic E-state index is 11.3. The first-order valence-corrected chi connectivity index (χ1v) is 7.37. The Labute approximate surface area is 108 Å². The molecular weight excluding hydrogens is 250 g/mol. The summed E-state index contributed by atoms with van der Waals surface area (Å²) in [6, 6.07) is 5.65. The molecule has 0 aliphatic rings. The van der Waals surface area contributed by atoms with Gasteiger partial charge in [0.05, 0.1) is 18.1 Å². The molecule has 5 nitrogen and oxygen atoms in total. The van der Waals surface area contributed by atoms with E-state index in [1.807, 2.05) is 29.7 Å². The van der Waals surface area contributed by atoms with Gasteiger partial charge in [-0.05, 0) is 19.1 Å². The molecule has 18 heavy (non-hydrogen) atoms. The standard InChI is InChI=1S/C12H17N3O2S/c1-8(7-18(3)16)15-11-6-9(17-2)4-5-10(11)14-12(15)13/h4-6,8H,7H2,1-3H3,(H2,13,14). The minimum atomic E-state index is -0.874. The summed E-state index contributed by atoms with van der Waals surface area (Å²) in [6.45, 7) is 1.98. The van der Waals surface area contributed by atoms with Crippen LogP contribution in [-0.2, 0) is 10.8 Å². The predicted octanol–water partition coefficient (Wildman–Crippen LogP) is 1.57. The van der Waals surface area contributed by atoms with Gasteiger partial charge < -0.3 is 15.0 Å². The second-order valence-corrected chi connectivity index (χ2v) is 5.76. The summed E-state index contributed by atoms with van der Waals surface area (Å²) in [5.74, 6) is 1.75. The number of rotatable bonds is 4. The van der Waals surface area contributed by atoms with E-state index >= 15 is 0 Å². The maximum Gasteiger partial charge on any atom is 0.201 e. The third-order valence-corrected chi connectivity index (χ3v) is 3.79. The topological polar surface area (TPSA) is 70.1 Å². The van der Waals surface area contributed by atoms with Crippen molar-refractivity contribution in [1.82, 2.24) is 9.55 Å². The Morgan fingerprint density at radius 3 is 2.89 bits per heavy atom. The first-order valence-electron chi connectivity index (χ1n) is 5.64. The molecule has 0 bridgehead atoms. The van der Waals surface area contributed by atoms with E-state index in [2.05, 4.69) is 4.98 Å². The van der Waals surface area contributed by atoms with Crippen LogP contribution in [0.1, 0.15) is 13.0 Å². The van der Waals surface area contributed by atoms with Crippen molar-refractivity contribution < 1.29 is 8.95 Å². The van der Waals surface area contributed by atoms with Gasteiger partial charge in [-0.2, -0.15) is 0 Å². The number of nitrogens with two attached hydrogens (primary N) is 1. The van der Waals surface area contributed by atoms with Crippen molar-refractivity contribution in [3.8, 4) is 5.75 Å². The third kappa shape index (κ3) is 2.33. The molecule has 0 saturated heterocycles. The fraction of sp³-hybridized carbons (Fsp3) is 0.417. The molecule has 0 radical (unpaired) electrons. The molecule has 0 spiro atoms. The summed E-state index contributed by atoms with van der Waals surface area (Å²) in [6.07, 6.45) is 1.69. The summed E-state index contributed by atoms with van der Waals surface area (Å²) in [7, 11) is 0.747. The number of fused-ring (bicyclic) bond motifs is 1. The van der Waals surface area contributed by atoms with E-state index in [1.165, 1.54) is 0 Å². The minimum absolute atomic E-state index is 0.0351. The van der Waals surface area contributed by atoms with Crippen LogP contribution in [0.3, 0.4) is 0 Å². The normalized spacial score (nSPS) is 14.6. The van der Waals surface area contributed by atoms with Crippen LogP contribution in [0.25, 0.3) is 11.0 Å². The van der Waals surface area contributed by atoms with Crippen molar-refractivity contribution >= 4 is 27.8 Å². The molecule has 2 N–H and O–H groups in total. The molecule has 1 aromatic heterocycles. The molecule has 6 heteroatoms. The van der Waals surface area contributed by atoms with Gasteiger partial charge in [0.2, 0.25) is 5.95 Å². The maximum absolute atomic E-state index is 11.3. The van der Waals surface area contributed by atoms with Crippen molar-refractivity contribution in [3.05, 3.63) is 18.2 Å². The lowest BCUT2D eigenvalue weighted by atomic mass is 10.2. The lowest BCUT2D eigenvalue weighted by molar-refractivity contribution is 0.415. The Bertz CT molecular complexity index is 594. The molecule has 2 atom stereocenters. The number of nitrogen functional groups attached to an aromatic ring is 1. The van der Waals surface area contributed by atoms with E-state index in [1.54, 1.807) is 13.4 Å². The number of methoxy groups -OCH3 is 1. The minimum Gasteiger partial charge on any atom is -0.497 e. The summed E-state index contributed by atoms with van der Waals surface area (Å²) in [5, 5.41) is 0. The number of ether oxygens (including phenoxy) is 1. The van der Waals surface area contributed by atoms with Crippen LogP contribution in [0.2, 0.25) is 0 Å². The lowest BCUT2D eigenvalue weighted by Gasteiger charge is -2.14. The van der Waals surface area contributed by atoms with Crippen molar-refractivity contribution in [1.29, 1.82) is 0 Å². The van der Waals surface area contributed by atoms with Crippen LogP contribution in [0.4, 0.5) is 5.95 Å². The van der Waals surface area contributed by atoms with Crippen LogP contribution in [-0.4, -0.2) is 32.9 Å². The number of hydrogen-bond donors (Lipinski definition) is 1. The van der Waals surface area contributed by atoms with Gasteiger partial charge in [-0.15, -0.1) is 0 Å². The predicted molar refractivity (Wildman–Crippen MR) is 74.3 cm³/mol. The van der Waals surface area contributed by atoms with Crippen LogP contribution in [0.15, 0.2) is 18.2 Å². The van der Waals surface area contributed by atoms with E-state index in [0.29, 0.717) is 11.7 Å². The van der Waals surface area contributed by atoms with Crippen molar-refractivity contribution in [2.75, 3.05) is 24.9 Å². The Hall–Kier alpha value is -1.56. The van der Waals surface area contributed by atoms with Crippen LogP contribution < -0.4 is 10.5 Å². The van der Waals surface area contributed by atoms with Gasteiger partial charge in [0, 0.05) is 34.9 Å². The van der Waals surface area contributed by atoms with Gasteiger partial charge in [0.1, 0.15) is 5.75 Å². The lowest BCUT2D eigenvalue weighted by Crippen LogP contribution is -2.15. The Morgan fingerprint density at radius 2 is 2.28 bits per heavy atom. The molecule has 2 rings (SSSR count). The second kappa shape index (κ2) is 4.97. The fourth-order valence-corrected chi connectivity index (χ4v) is 2.92. The molecule has 0 saturated carbocycles. The zero-order chi connectivity index (χ0) is 13.3. The van der Waals surface area contributed by atoms with E-state index < -0.39 is 10.8 Å². The third-order valence-electron chi connectivity index (χ3n) is 2.84. The van der Waals surface area contributed by atoms with Gasteiger partial charge in [-0.25, -0.2) is 4.98 Å². The average Bonchev–Trinajstić information content (AvgIpc) is 2.62. The number of benzene rings is 1. The van der Waals surface area contributed by atoms with Crippen molar-refractivity contribution in [3.63, 3.8) is 0 Å². The Kier molecular flexibility index (Phi) is 3.56. The fourth-order valence-electron chi connectivity index (χ4n) is 2.10. The summed E-state index contributed by atoms with van der Waals surface area (Å²) in [4.78, 5) is 4.30. The SMILES string of the molecule is COc1ccc2nc(N)n(C(C)CS(C)=O)c2c1. The molecule has 2 unspecified atom stereocenters. The smallest absolute Gasteiger partial charge is 0.201 e. The molecule has 0 aliphatic heterocycles. The van der Waals surface area contributed by atoms with Gasteiger partial charge >= 0.3 is 0 Å². The van der Waals surface area contributed by atoms with Crippen LogP contribution in [0, 0.1) is 0 Å². The zero-order valence-corrected chi connectivity index (χ0v) is 11.5. The Balaban J connectivity index is 2.53. The van der Waals surface area contributed by atoms with Crippen molar-refractivity contribution in [2.45, 2.75) is 13.0 Å². The highest BCUT2D eigenvalue weighted by atomic mass is 32.2. The quantitative estimate of drug-likeness (QED) is 0.912. The first kappa shape index (κ1) is 12.9. The molecule has 1 heterocycles. The highest BCUT2D eigenvalue weighted by Gasteiger charge is 2.15. The van der Waals surface area contributed by atoms with E-state index in [9.17, 15) is 4.21 Å². The molecule has 2 aromatic rings. The summed E-state index contributed by atoms with van der Waals surface area (Å²) in [5.41, 5.74) is 7.66. The van der Waals surface area contributed by atoms with Gasteiger partial charge in [0.25, 0.3) is 0 Å². The second-order valence-electron chi connectivity index (χ2n) is 4.28. The summed E-state index contributed by atoms with van der Waals surface area (Å²) >= 11 is 0. The summed E-state index contributed by atoms with van der Waals surface area (Å²) < 4.78 is 18.4. The van der Waals surface area contributed by atoms with Gasteiger partial charge in [-0.1, -0.05) is 0 Å². The Morgan fingerprint density at radius 1 is 1.56 bits per heavy atom. The highest BCUT2D eigenvalue weighted by Crippen LogP contribution is 2.26. The molecule has 98 valence electrons. The number of hydrogen-bond acceptors (Lipinski definition) is 4.